The lowest BCUT2D eigenvalue weighted by atomic mass is 10.0. The summed E-state index contributed by atoms with van der Waals surface area (Å²) in [5, 5.41) is 7.74. The zero-order valence-electron chi connectivity index (χ0n) is 15.2. The number of methoxy groups -OCH3 is 1. The zero-order chi connectivity index (χ0) is 18.8. The number of nitrogens with one attached hydrogen (secondary N) is 1. The minimum Gasteiger partial charge on any atom is -0.468 e. The second-order valence-electron chi connectivity index (χ2n) is 6.00. The maximum absolute atomic E-state index is 12.7. The van der Waals surface area contributed by atoms with Crippen molar-refractivity contribution in [1.29, 1.82) is 0 Å². The van der Waals surface area contributed by atoms with Gasteiger partial charge in [0.05, 0.1) is 29.6 Å². The molecule has 0 saturated carbocycles. The fraction of sp³-hybridized carbons (Fsp3) is 0.263. The van der Waals surface area contributed by atoms with E-state index in [0.29, 0.717) is 16.8 Å². The van der Waals surface area contributed by atoms with E-state index >= 15 is 0 Å². The van der Waals surface area contributed by atoms with Crippen LogP contribution < -0.4 is 5.32 Å². The fourth-order valence-corrected chi connectivity index (χ4v) is 2.96. The summed E-state index contributed by atoms with van der Waals surface area (Å²) in [6.07, 6.45) is 0. The summed E-state index contributed by atoms with van der Waals surface area (Å²) in [6.45, 7) is 3.69. The first-order valence-electron chi connectivity index (χ1n) is 8.17. The molecule has 0 atom stereocenters. The molecular formula is C19H20N4O3. The Bertz CT molecular complexity index is 1010. The van der Waals surface area contributed by atoms with Crippen LogP contribution in [0.15, 0.2) is 30.3 Å². The Kier molecular flexibility index (Phi) is 4.71. The van der Waals surface area contributed by atoms with Crippen molar-refractivity contribution in [2.45, 2.75) is 13.8 Å². The number of ether oxygens (including phenoxy) is 1. The molecule has 7 nitrogen and oxygen atoms in total. The highest BCUT2D eigenvalue weighted by Gasteiger charge is 2.18. The van der Waals surface area contributed by atoms with Crippen molar-refractivity contribution >= 4 is 22.8 Å². The number of nitrogens with zero attached hydrogens (tertiary/aromatic N) is 3. The number of pyridine rings is 1. The maximum atomic E-state index is 12.7. The molecule has 1 amide bonds. The summed E-state index contributed by atoms with van der Waals surface area (Å²) in [5.74, 6) is -0.856. The van der Waals surface area contributed by atoms with Crippen LogP contribution in [0, 0.1) is 13.8 Å². The van der Waals surface area contributed by atoms with Crippen molar-refractivity contribution in [2.75, 3.05) is 13.7 Å². The topological polar surface area (TPSA) is 86.1 Å². The smallest absolute Gasteiger partial charge is 0.325 e. The summed E-state index contributed by atoms with van der Waals surface area (Å²) < 4.78 is 6.36. The number of amides is 1. The Labute approximate surface area is 151 Å². The number of esters is 1. The third kappa shape index (κ3) is 3.15. The third-order valence-electron chi connectivity index (χ3n) is 4.35. The molecule has 0 spiro atoms. The highest BCUT2D eigenvalue weighted by Crippen LogP contribution is 2.29. The first-order chi connectivity index (χ1) is 12.4. The van der Waals surface area contributed by atoms with Crippen molar-refractivity contribution < 1.29 is 14.3 Å². The Morgan fingerprint density at radius 2 is 1.96 bits per heavy atom. The normalized spacial score (nSPS) is 10.8. The van der Waals surface area contributed by atoms with Crippen molar-refractivity contribution in [1.82, 2.24) is 20.1 Å². The molecule has 7 heteroatoms. The number of benzene rings is 1. The van der Waals surface area contributed by atoms with Gasteiger partial charge in [-0.2, -0.15) is 5.10 Å². The van der Waals surface area contributed by atoms with Crippen molar-refractivity contribution in [3.8, 4) is 11.3 Å². The molecule has 3 aromatic rings. The highest BCUT2D eigenvalue weighted by molar-refractivity contribution is 6.07. The van der Waals surface area contributed by atoms with Gasteiger partial charge < -0.3 is 10.1 Å². The summed E-state index contributed by atoms with van der Waals surface area (Å²) in [4.78, 5) is 28.7. The lowest BCUT2D eigenvalue weighted by molar-refractivity contribution is -0.139. The van der Waals surface area contributed by atoms with Gasteiger partial charge in [-0.3, -0.25) is 14.3 Å². The van der Waals surface area contributed by atoms with Crippen LogP contribution in [0.1, 0.15) is 21.7 Å². The van der Waals surface area contributed by atoms with Gasteiger partial charge in [0.25, 0.3) is 5.91 Å². The summed E-state index contributed by atoms with van der Waals surface area (Å²) in [7, 11) is 3.15. The third-order valence-corrected chi connectivity index (χ3v) is 4.35. The molecule has 0 radical (unpaired) electrons. The molecule has 2 aromatic heterocycles. The summed E-state index contributed by atoms with van der Waals surface area (Å²) in [6, 6.07) is 9.16. The van der Waals surface area contributed by atoms with Crippen molar-refractivity contribution in [3.05, 3.63) is 47.3 Å². The molecule has 0 fully saturated rings. The second kappa shape index (κ2) is 6.95. The fourth-order valence-electron chi connectivity index (χ4n) is 2.96. The Hall–Kier alpha value is -3.22. The van der Waals surface area contributed by atoms with E-state index in [-0.39, 0.29) is 12.5 Å². The van der Waals surface area contributed by atoms with Crippen LogP contribution in [-0.4, -0.2) is 40.3 Å². The average molecular weight is 352 g/mol. The summed E-state index contributed by atoms with van der Waals surface area (Å²) >= 11 is 0. The van der Waals surface area contributed by atoms with E-state index in [0.717, 1.165) is 22.3 Å². The van der Waals surface area contributed by atoms with Crippen LogP contribution in [0.3, 0.4) is 0 Å². The zero-order valence-corrected chi connectivity index (χ0v) is 15.2. The number of carbonyl (C=O) groups is 2. The average Bonchev–Trinajstić information content (AvgIpc) is 2.90. The molecule has 0 unspecified atom stereocenters. The van der Waals surface area contributed by atoms with E-state index in [2.05, 4.69) is 15.2 Å². The molecule has 0 bridgehead atoms. The van der Waals surface area contributed by atoms with Gasteiger partial charge in [0.1, 0.15) is 6.54 Å². The van der Waals surface area contributed by atoms with Gasteiger partial charge in [0, 0.05) is 23.7 Å². The Morgan fingerprint density at radius 3 is 2.62 bits per heavy atom. The first kappa shape index (κ1) is 17.6. The number of fused-ring (bicyclic) bond motifs is 1. The lowest BCUT2D eigenvalue weighted by Crippen LogP contribution is -2.30. The van der Waals surface area contributed by atoms with E-state index in [1.54, 1.807) is 10.7 Å². The van der Waals surface area contributed by atoms with Gasteiger partial charge in [0.15, 0.2) is 0 Å². The quantitative estimate of drug-likeness (QED) is 0.727. The van der Waals surface area contributed by atoms with Gasteiger partial charge in [-0.15, -0.1) is 0 Å². The van der Waals surface area contributed by atoms with Gasteiger partial charge in [-0.1, -0.05) is 18.2 Å². The van der Waals surface area contributed by atoms with E-state index in [4.69, 9.17) is 4.98 Å². The van der Waals surface area contributed by atoms with E-state index in [1.165, 1.54) is 7.11 Å². The van der Waals surface area contributed by atoms with Gasteiger partial charge in [-0.05, 0) is 26.0 Å². The molecule has 3 rings (SSSR count). The number of aromatic nitrogens is 3. The number of rotatable bonds is 4. The monoisotopic (exact) mass is 352 g/mol. The Balaban J connectivity index is 2.13. The van der Waals surface area contributed by atoms with Crippen LogP contribution in [0.4, 0.5) is 0 Å². The number of aryl methyl sites for hydroxylation is 2. The predicted molar refractivity (Wildman–Crippen MR) is 97.8 cm³/mol. The van der Waals surface area contributed by atoms with Gasteiger partial charge in [0.2, 0.25) is 0 Å². The van der Waals surface area contributed by atoms with E-state index < -0.39 is 5.97 Å². The molecule has 0 aliphatic rings. The molecule has 2 heterocycles. The van der Waals surface area contributed by atoms with Crippen LogP contribution in [0.5, 0.6) is 0 Å². The molecular weight excluding hydrogens is 332 g/mol. The van der Waals surface area contributed by atoms with Crippen LogP contribution in [0.2, 0.25) is 0 Å². The molecule has 26 heavy (non-hydrogen) atoms. The maximum Gasteiger partial charge on any atom is 0.325 e. The number of carbonyl (C=O) groups excluding carboxylic acids is 2. The second-order valence-corrected chi connectivity index (χ2v) is 6.00. The number of hydrogen-bond acceptors (Lipinski definition) is 5. The van der Waals surface area contributed by atoms with Crippen LogP contribution in [-0.2, 0) is 16.6 Å². The van der Waals surface area contributed by atoms with Gasteiger partial charge >= 0.3 is 5.97 Å². The molecule has 0 aliphatic heterocycles. The largest absolute Gasteiger partial charge is 0.468 e. The highest BCUT2D eigenvalue weighted by atomic mass is 16.5. The van der Waals surface area contributed by atoms with E-state index in [9.17, 15) is 9.59 Å². The predicted octanol–water partition coefficient (Wildman–Crippen LogP) is 2.15. The minimum absolute atomic E-state index is 0.188. The lowest BCUT2D eigenvalue weighted by Gasteiger charge is -2.10. The Morgan fingerprint density at radius 1 is 1.23 bits per heavy atom. The number of para-hydroxylation sites is 1. The van der Waals surface area contributed by atoms with Crippen molar-refractivity contribution in [2.24, 2.45) is 7.05 Å². The molecule has 134 valence electrons. The summed E-state index contributed by atoms with van der Waals surface area (Å²) in [5.41, 5.74) is 4.54. The molecule has 1 aromatic carbocycles. The molecule has 1 N–H and O–H groups in total. The SMILES string of the molecule is COC(=O)CNC(=O)c1cc(-c2c(C)nn(C)c2C)nc2ccccc12. The van der Waals surface area contributed by atoms with Gasteiger partial charge in [-0.25, -0.2) is 4.98 Å². The number of hydrogen-bond donors (Lipinski definition) is 1. The van der Waals surface area contributed by atoms with E-state index in [1.807, 2.05) is 45.2 Å². The standard InChI is InChI=1S/C19H20N4O3/c1-11-18(12(2)23(3)22-11)16-9-14(19(25)20-10-17(24)26-4)13-7-5-6-8-15(13)21-16/h5-9H,10H2,1-4H3,(H,20,25). The molecule has 0 saturated heterocycles. The van der Waals surface area contributed by atoms with Crippen LogP contribution in [0.25, 0.3) is 22.2 Å². The van der Waals surface area contributed by atoms with Crippen molar-refractivity contribution in [3.63, 3.8) is 0 Å². The molecule has 0 aliphatic carbocycles. The first-order valence-corrected chi connectivity index (χ1v) is 8.17. The minimum atomic E-state index is -0.504. The van der Waals surface area contributed by atoms with Crippen LogP contribution >= 0.6 is 0 Å².